The summed E-state index contributed by atoms with van der Waals surface area (Å²) in [5.74, 6) is -0.218. The summed E-state index contributed by atoms with van der Waals surface area (Å²) in [6.07, 6.45) is 4.84. The maximum absolute atomic E-state index is 12.3. The van der Waals surface area contributed by atoms with Gasteiger partial charge in [0.2, 0.25) is 5.91 Å². The standard InChI is InChI=1S/C14H20N4O2.2ClH/c15-5-7-17-13(19)12-4-2-8-18(10-12)14(20)11-3-1-6-16-9-11;;/h1,3,6,9,12H,2,4-5,7-8,10,15H2,(H,17,19);2*1H. The van der Waals surface area contributed by atoms with Crippen molar-refractivity contribution >= 4 is 36.6 Å². The van der Waals surface area contributed by atoms with E-state index >= 15 is 0 Å². The molecule has 1 aromatic rings. The molecule has 1 atom stereocenters. The zero-order chi connectivity index (χ0) is 14.4. The van der Waals surface area contributed by atoms with Crippen molar-refractivity contribution in [3.05, 3.63) is 30.1 Å². The Morgan fingerprint density at radius 1 is 1.41 bits per heavy atom. The molecule has 0 radical (unpaired) electrons. The second kappa shape index (κ2) is 10.4. The predicted molar refractivity (Wildman–Crippen MR) is 89.4 cm³/mol. The lowest BCUT2D eigenvalue weighted by molar-refractivity contribution is -0.126. The summed E-state index contributed by atoms with van der Waals surface area (Å²) in [5, 5.41) is 2.79. The summed E-state index contributed by atoms with van der Waals surface area (Å²) in [6.45, 7) is 2.06. The minimum absolute atomic E-state index is 0. The number of hydrogen-bond acceptors (Lipinski definition) is 4. The summed E-state index contributed by atoms with van der Waals surface area (Å²) in [7, 11) is 0. The first-order chi connectivity index (χ1) is 9.72. The number of amides is 2. The highest BCUT2D eigenvalue weighted by atomic mass is 35.5. The molecule has 0 spiro atoms. The molecular weight excluding hydrogens is 327 g/mol. The van der Waals surface area contributed by atoms with Crippen LogP contribution in [0.3, 0.4) is 0 Å². The van der Waals surface area contributed by atoms with Crippen LogP contribution in [0.25, 0.3) is 0 Å². The fraction of sp³-hybridized carbons (Fsp3) is 0.500. The van der Waals surface area contributed by atoms with Crippen molar-refractivity contribution in [3.8, 4) is 0 Å². The predicted octanol–water partition coefficient (Wildman–Crippen LogP) is 0.852. The molecule has 0 aliphatic carbocycles. The van der Waals surface area contributed by atoms with Gasteiger partial charge in [-0.15, -0.1) is 24.8 Å². The second-order valence-electron chi connectivity index (χ2n) is 4.91. The van der Waals surface area contributed by atoms with Gasteiger partial charge >= 0.3 is 0 Å². The Labute approximate surface area is 142 Å². The SMILES string of the molecule is Cl.Cl.NCCNC(=O)C1CCCN(C(=O)c2cccnc2)C1. The highest BCUT2D eigenvalue weighted by Crippen LogP contribution is 2.18. The third-order valence-corrected chi connectivity index (χ3v) is 3.43. The van der Waals surface area contributed by atoms with Crippen LogP contribution in [-0.2, 0) is 4.79 Å². The van der Waals surface area contributed by atoms with Gasteiger partial charge < -0.3 is 16.0 Å². The molecule has 8 heteroatoms. The first-order valence-corrected chi connectivity index (χ1v) is 6.89. The van der Waals surface area contributed by atoms with E-state index in [-0.39, 0.29) is 42.5 Å². The number of nitrogens with one attached hydrogen (secondary N) is 1. The average molecular weight is 349 g/mol. The van der Waals surface area contributed by atoms with E-state index in [4.69, 9.17) is 5.73 Å². The lowest BCUT2D eigenvalue weighted by Crippen LogP contribution is -2.46. The molecule has 3 N–H and O–H groups in total. The van der Waals surface area contributed by atoms with E-state index in [0.29, 0.717) is 31.7 Å². The van der Waals surface area contributed by atoms with Crippen molar-refractivity contribution in [1.29, 1.82) is 0 Å². The highest BCUT2D eigenvalue weighted by Gasteiger charge is 2.28. The second-order valence-corrected chi connectivity index (χ2v) is 4.91. The van der Waals surface area contributed by atoms with E-state index in [9.17, 15) is 9.59 Å². The molecule has 1 aliphatic heterocycles. The molecule has 0 bridgehead atoms. The third kappa shape index (κ3) is 5.44. The fourth-order valence-electron chi connectivity index (χ4n) is 2.39. The topological polar surface area (TPSA) is 88.3 Å². The molecule has 2 amide bonds. The lowest BCUT2D eigenvalue weighted by Gasteiger charge is -2.32. The highest BCUT2D eigenvalue weighted by molar-refractivity contribution is 5.94. The van der Waals surface area contributed by atoms with Gasteiger partial charge in [0.15, 0.2) is 0 Å². The number of hydrogen-bond donors (Lipinski definition) is 2. The molecule has 22 heavy (non-hydrogen) atoms. The van der Waals surface area contributed by atoms with E-state index in [1.54, 1.807) is 29.4 Å². The van der Waals surface area contributed by atoms with E-state index in [0.717, 1.165) is 12.8 Å². The van der Waals surface area contributed by atoms with Crippen molar-refractivity contribution < 1.29 is 9.59 Å². The summed E-state index contributed by atoms with van der Waals surface area (Å²) in [6, 6.07) is 3.48. The summed E-state index contributed by atoms with van der Waals surface area (Å²) in [5.41, 5.74) is 5.94. The number of carbonyl (C=O) groups is 2. The maximum atomic E-state index is 12.3. The molecule has 2 heterocycles. The molecule has 0 aromatic carbocycles. The van der Waals surface area contributed by atoms with Crippen LogP contribution in [0.2, 0.25) is 0 Å². The molecule has 2 rings (SSSR count). The fourth-order valence-corrected chi connectivity index (χ4v) is 2.39. The molecule has 1 aliphatic rings. The van der Waals surface area contributed by atoms with Crippen LogP contribution in [0, 0.1) is 5.92 Å². The maximum Gasteiger partial charge on any atom is 0.255 e. The first kappa shape index (κ1) is 20.6. The summed E-state index contributed by atoms with van der Waals surface area (Å²) >= 11 is 0. The first-order valence-electron chi connectivity index (χ1n) is 6.89. The van der Waals surface area contributed by atoms with Crippen molar-refractivity contribution in [3.63, 3.8) is 0 Å². The quantitative estimate of drug-likeness (QED) is 0.844. The Balaban J connectivity index is 0.00000220. The Kier molecular flexibility index (Phi) is 9.73. The number of aromatic nitrogens is 1. The zero-order valence-electron chi connectivity index (χ0n) is 12.2. The normalized spacial score (nSPS) is 17.0. The van der Waals surface area contributed by atoms with Crippen LogP contribution in [0.5, 0.6) is 0 Å². The number of likely N-dealkylation sites (tertiary alicyclic amines) is 1. The van der Waals surface area contributed by atoms with Crippen LogP contribution in [0.15, 0.2) is 24.5 Å². The van der Waals surface area contributed by atoms with Gasteiger partial charge in [-0.3, -0.25) is 14.6 Å². The van der Waals surface area contributed by atoms with Crippen LogP contribution in [0.1, 0.15) is 23.2 Å². The van der Waals surface area contributed by atoms with Crippen LogP contribution < -0.4 is 11.1 Å². The van der Waals surface area contributed by atoms with Crippen LogP contribution in [-0.4, -0.2) is 47.9 Å². The minimum atomic E-state index is -0.143. The van der Waals surface area contributed by atoms with Gasteiger partial charge in [0.25, 0.3) is 5.91 Å². The third-order valence-electron chi connectivity index (χ3n) is 3.43. The van der Waals surface area contributed by atoms with Crippen LogP contribution >= 0.6 is 24.8 Å². The molecule has 6 nitrogen and oxygen atoms in total. The average Bonchev–Trinajstić information content (AvgIpc) is 2.52. The molecule has 1 aromatic heterocycles. The zero-order valence-corrected chi connectivity index (χ0v) is 13.9. The van der Waals surface area contributed by atoms with Gasteiger partial charge in [-0.2, -0.15) is 0 Å². The van der Waals surface area contributed by atoms with Gasteiger partial charge in [-0.25, -0.2) is 0 Å². The van der Waals surface area contributed by atoms with E-state index in [2.05, 4.69) is 10.3 Å². The molecule has 0 saturated carbocycles. The van der Waals surface area contributed by atoms with Crippen molar-refractivity contribution in [2.45, 2.75) is 12.8 Å². The number of halogens is 2. The minimum Gasteiger partial charge on any atom is -0.355 e. The number of nitrogens with two attached hydrogens (primary N) is 1. The number of carbonyl (C=O) groups excluding carboxylic acids is 2. The van der Waals surface area contributed by atoms with E-state index in [1.807, 2.05) is 0 Å². The van der Waals surface area contributed by atoms with Gasteiger partial charge in [0.05, 0.1) is 11.5 Å². The molecule has 1 fully saturated rings. The van der Waals surface area contributed by atoms with Gasteiger partial charge in [0, 0.05) is 38.6 Å². The van der Waals surface area contributed by atoms with Gasteiger partial charge in [-0.05, 0) is 25.0 Å². The summed E-state index contributed by atoms with van der Waals surface area (Å²) in [4.78, 5) is 29.9. The Morgan fingerprint density at radius 2 is 2.18 bits per heavy atom. The lowest BCUT2D eigenvalue weighted by atomic mass is 9.96. The van der Waals surface area contributed by atoms with Crippen LogP contribution in [0.4, 0.5) is 0 Å². The van der Waals surface area contributed by atoms with Crippen molar-refractivity contribution in [2.75, 3.05) is 26.2 Å². The smallest absolute Gasteiger partial charge is 0.255 e. The Bertz CT molecular complexity index is 473. The largest absolute Gasteiger partial charge is 0.355 e. The van der Waals surface area contributed by atoms with E-state index in [1.165, 1.54) is 0 Å². The Hall–Kier alpha value is -1.37. The monoisotopic (exact) mass is 348 g/mol. The van der Waals surface area contributed by atoms with Gasteiger partial charge in [-0.1, -0.05) is 0 Å². The summed E-state index contributed by atoms with van der Waals surface area (Å²) < 4.78 is 0. The molecule has 124 valence electrons. The molecule has 1 unspecified atom stereocenters. The Morgan fingerprint density at radius 3 is 2.82 bits per heavy atom. The molecular formula is C14H22Cl2N4O2. The number of pyridine rings is 1. The molecule has 1 saturated heterocycles. The number of nitrogens with zero attached hydrogens (tertiary/aromatic N) is 2. The van der Waals surface area contributed by atoms with Gasteiger partial charge in [0.1, 0.15) is 0 Å². The number of rotatable bonds is 4. The van der Waals surface area contributed by atoms with E-state index < -0.39 is 0 Å². The number of piperidine rings is 1. The van der Waals surface area contributed by atoms with Crippen molar-refractivity contribution in [2.24, 2.45) is 11.7 Å². The van der Waals surface area contributed by atoms with Crippen molar-refractivity contribution in [1.82, 2.24) is 15.2 Å².